The molecule has 144 valence electrons. The highest BCUT2D eigenvalue weighted by Crippen LogP contribution is 2.37. The van der Waals surface area contributed by atoms with Gasteiger partial charge in [-0.15, -0.1) is 11.3 Å². The van der Waals surface area contributed by atoms with Crippen molar-refractivity contribution in [2.24, 2.45) is 0 Å². The molecule has 4 rings (SSSR count). The maximum absolute atomic E-state index is 12.8. The third-order valence-corrected chi connectivity index (χ3v) is 7.71. The number of rotatable bonds is 4. The summed E-state index contributed by atoms with van der Waals surface area (Å²) in [5, 5.41) is 5.20. The lowest BCUT2D eigenvalue weighted by molar-refractivity contribution is 0.217. The number of thiophene rings is 1. The zero-order valence-electron chi connectivity index (χ0n) is 14.9. The molecule has 2 aliphatic heterocycles. The zero-order valence-corrected chi connectivity index (χ0v) is 17.3. The Morgan fingerprint density at radius 2 is 2.11 bits per heavy atom. The van der Waals surface area contributed by atoms with Crippen molar-refractivity contribution in [3.63, 3.8) is 0 Å². The highest BCUT2D eigenvalue weighted by atomic mass is 32.2. The lowest BCUT2D eigenvalue weighted by Crippen LogP contribution is -2.20. The molecule has 0 spiro atoms. The van der Waals surface area contributed by atoms with Gasteiger partial charge in [-0.05, 0) is 55.6 Å². The summed E-state index contributed by atoms with van der Waals surface area (Å²) in [6.45, 7) is 3.86. The summed E-state index contributed by atoms with van der Waals surface area (Å²) in [5.74, 6) is 0. The molecular weight excluding hydrogens is 402 g/mol. The number of anilines is 3. The Morgan fingerprint density at radius 1 is 1.33 bits per heavy atom. The smallest absolute Gasteiger partial charge is 0.271 e. The van der Waals surface area contributed by atoms with Crippen LogP contribution in [0.3, 0.4) is 0 Å². The maximum Gasteiger partial charge on any atom is 0.271 e. The summed E-state index contributed by atoms with van der Waals surface area (Å²) in [6, 6.07) is 7.31. The fourth-order valence-corrected chi connectivity index (χ4v) is 5.85. The van der Waals surface area contributed by atoms with Gasteiger partial charge in [0.1, 0.15) is 10.3 Å². The van der Waals surface area contributed by atoms with Crippen LogP contribution in [0.25, 0.3) is 0 Å². The number of nitrogens with zero attached hydrogens (tertiary/aromatic N) is 1. The number of ether oxygens (including phenoxy) is 1. The van der Waals surface area contributed by atoms with Crippen LogP contribution in [0.1, 0.15) is 25.3 Å². The largest absolute Gasteiger partial charge is 0.467 e. The summed E-state index contributed by atoms with van der Waals surface area (Å²) in [4.78, 5) is 2.27. The molecule has 1 aromatic heterocycles. The van der Waals surface area contributed by atoms with E-state index in [9.17, 15) is 8.42 Å². The second-order valence-corrected chi connectivity index (χ2v) is 10.0. The highest BCUT2D eigenvalue weighted by Gasteiger charge is 2.25. The van der Waals surface area contributed by atoms with Gasteiger partial charge >= 0.3 is 0 Å². The Bertz CT molecular complexity index is 952. The summed E-state index contributed by atoms with van der Waals surface area (Å²) in [6.07, 6.45) is 2.69. The molecule has 27 heavy (non-hydrogen) atoms. The first-order valence-corrected chi connectivity index (χ1v) is 11.7. The average molecular weight is 424 g/mol. The minimum absolute atomic E-state index is 0.145. The number of thiocarbonyl (C=S) groups is 1. The molecule has 1 aromatic carbocycles. The van der Waals surface area contributed by atoms with Crippen molar-refractivity contribution < 1.29 is 13.2 Å². The lowest BCUT2D eigenvalue weighted by Gasteiger charge is -2.22. The molecule has 2 N–H and O–H groups in total. The fraction of sp³-hybridized carbons (Fsp3) is 0.389. The van der Waals surface area contributed by atoms with Gasteiger partial charge in [0.15, 0.2) is 0 Å². The van der Waals surface area contributed by atoms with Crippen LogP contribution in [0, 0.1) is 0 Å². The molecule has 0 aliphatic carbocycles. The van der Waals surface area contributed by atoms with Crippen LogP contribution in [0.4, 0.5) is 17.1 Å². The van der Waals surface area contributed by atoms with Crippen LogP contribution in [-0.2, 0) is 21.2 Å². The summed E-state index contributed by atoms with van der Waals surface area (Å²) >= 11 is 6.46. The second kappa shape index (κ2) is 7.29. The molecule has 0 bridgehead atoms. The minimum Gasteiger partial charge on any atom is -0.467 e. The molecule has 1 fully saturated rings. The minimum atomic E-state index is -3.64. The van der Waals surface area contributed by atoms with Crippen molar-refractivity contribution in [1.29, 1.82) is 0 Å². The Kier molecular flexibility index (Phi) is 5.00. The van der Waals surface area contributed by atoms with Crippen molar-refractivity contribution in [1.82, 2.24) is 0 Å². The first-order chi connectivity index (χ1) is 12.9. The van der Waals surface area contributed by atoms with Gasteiger partial charge in [-0.3, -0.25) is 4.72 Å². The van der Waals surface area contributed by atoms with E-state index in [1.807, 2.05) is 19.1 Å². The van der Waals surface area contributed by atoms with Gasteiger partial charge in [-0.25, -0.2) is 8.42 Å². The van der Waals surface area contributed by atoms with Gasteiger partial charge in [0.05, 0.1) is 5.69 Å². The molecule has 2 aromatic rings. The van der Waals surface area contributed by atoms with Gasteiger partial charge in [0.2, 0.25) is 0 Å². The standard InChI is InChI=1S/C18H21N3O3S3/c1-12-9-14-15(19-18(25)24-12)10-13(21-6-2-3-7-21)11-16(14)20-27(22,23)17-5-4-8-26-17/h4-5,8,10-12,20H,2-3,6-7,9H2,1H3,(H,19,25). The molecule has 9 heteroatoms. The summed E-state index contributed by atoms with van der Waals surface area (Å²) in [5.41, 5.74) is 3.23. The maximum atomic E-state index is 12.8. The molecular formula is C18H21N3O3S3. The van der Waals surface area contributed by atoms with Gasteiger partial charge < -0.3 is 15.0 Å². The lowest BCUT2D eigenvalue weighted by atomic mass is 10.0. The molecule has 2 aliphatic rings. The van der Waals surface area contributed by atoms with Crippen LogP contribution < -0.4 is 14.9 Å². The number of hydrogen-bond donors (Lipinski definition) is 2. The number of nitrogens with one attached hydrogen (secondary N) is 2. The zero-order chi connectivity index (χ0) is 19.0. The Morgan fingerprint density at radius 3 is 2.81 bits per heavy atom. The van der Waals surface area contributed by atoms with Crippen molar-refractivity contribution in [3.05, 3.63) is 35.2 Å². The predicted octanol–water partition coefficient (Wildman–Crippen LogP) is 3.81. The van der Waals surface area contributed by atoms with E-state index in [4.69, 9.17) is 17.0 Å². The third kappa shape index (κ3) is 3.90. The van der Waals surface area contributed by atoms with Crippen LogP contribution in [-0.4, -0.2) is 32.8 Å². The Balaban J connectivity index is 1.79. The summed E-state index contributed by atoms with van der Waals surface area (Å²) in [7, 11) is -3.64. The normalized spacial score (nSPS) is 19.8. The van der Waals surface area contributed by atoms with E-state index < -0.39 is 10.0 Å². The number of fused-ring (bicyclic) bond motifs is 1. The molecule has 1 atom stereocenters. The number of sulfonamides is 1. The number of hydrogen-bond acceptors (Lipinski definition) is 6. The molecule has 1 saturated heterocycles. The molecule has 3 heterocycles. The van der Waals surface area contributed by atoms with Crippen molar-refractivity contribution in [2.75, 3.05) is 28.0 Å². The third-order valence-electron chi connectivity index (χ3n) is 4.75. The van der Waals surface area contributed by atoms with Crippen LogP contribution in [0.15, 0.2) is 33.9 Å². The first kappa shape index (κ1) is 18.5. The van der Waals surface area contributed by atoms with E-state index in [0.717, 1.165) is 42.9 Å². The van der Waals surface area contributed by atoms with Gasteiger partial charge in [-0.2, -0.15) is 0 Å². The van der Waals surface area contributed by atoms with Gasteiger partial charge in [0, 0.05) is 36.4 Å². The Hall–Kier alpha value is -1.84. The molecule has 6 nitrogen and oxygen atoms in total. The number of benzene rings is 1. The monoisotopic (exact) mass is 423 g/mol. The quantitative estimate of drug-likeness (QED) is 0.729. The Labute approximate surface area is 168 Å². The molecule has 0 amide bonds. The van der Waals surface area contributed by atoms with Crippen LogP contribution in [0.2, 0.25) is 0 Å². The van der Waals surface area contributed by atoms with Crippen molar-refractivity contribution in [3.8, 4) is 0 Å². The second-order valence-electron chi connectivity index (χ2n) is 6.80. The van der Waals surface area contributed by atoms with Crippen LogP contribution >= 0.6 is 23.6 Å². The first-order valence-electron chi connectivity index (χ1n) is 8.88. The highest BCUT2D eigenvalue weighted by molar-refractivity contribution is 7.94. The van der Waals surface area contributed by atoms with Crippen molar-refractivity contribution >= 4 is 55.8 Å². The van der Waals surface area contributed by atoms with Crippen molar-refractivity contribution in [2.45, 2.75) is 36.5 Å². The fourth-order valence-electron chi connectivity index (χ4n) is 3.50. The molecule has 1 unspecified atom stereocenters. The van der Waals surface area contributed by atoms with E-state index >= 15 is 0 Å². The predicted molar refractivity (Wildman–Crippen MR) is 113 cm³/mol. The average Bonchev–Trinajstić information content (AvgIpc) is 3.28. The van der Waals surface area contributed by atoms with Crippen LogP contribution in [0.5, 0.6) is 0 Å². The topological polar surface area (TPSA) is 70.7 Å². The SMILES string of the molecule is CC1Cc2c(cc(N3CCCC3)cc2NS(=O)(=O)c2cccs2)NC(=S)O1. The van der Waals surface area contributed by atoms with Gasteiger partial charge in [-0.1, -0.05) is 6.07 Å². The van der Waals surface area contributed by atoms with Gasteiger partial charge in [0.25, 0.3) is 15.2 Å². The van der Waals surface area contributed by atoms with E-state index in [1.54, 1.807) is 17.5 Å². The molecule has 0 radical (unpaired) electrons. The molecule has 0 saturated carbocycles. The van der Waals surface area contributed by atoms with E-state index in [1.165, 1.54) is 11.3 Å². The van der Waals surface area contributed by atoms with E-state index in [-0.39, 0.29) is 6.10 Å². The summed E-state index contributed by atoms with van der Waals surface area (Å²) < 4.78 is 34.4. The van der Waals surface area contributed by atoms with E-state index in [2.05, 4.69) is 14.9 Å². The van der Waals surface area contributed by atoms with E-state index in [0.29, 0.717) is 21.5 Å².